The van der Waals surface area contributed by atoms with Gasteiger partial charge in [0, 0.05) is 27.2 Å². The summed E-state index contributed by atoms with van der Waals surface area (Å²) >= 11 is 0. The van der Waals surface area contributed by atoms with Crippen molar-refractivity contribution in [2.45, 2.75) is 27.7 Å². The molecule has 0 amide bonds. The molecule has 0 radical (unpaired) electrons. The molecular weight excluding hydrogens is 174 g/mol. The molecule has 0 aromatic rings. The number of rotatable bonds is 4. The van der Waals surface area contributed by atoms with Crippen molar-refractivity contribution in [1.29, 1.82) is 5.41 Å². The molecule has 1 N–H and O–H groups in total. The second-order valence-corrected chi connectivity index (χ2v) is 4.87. The van der Waals surface area contributed by atoms with Crippen molar-refractivity contribution in [2.75, 3.05) is 27.2 Å². The minimum atomic E-state index is 0.604. The quantitative estimate of drug-likeness (QED) is 0.555. The summed E-state index contributed by atoms with van der Waals surface area (Å²) in [6.07, 6.45) is 0. The van der Waals surface area contributed by atoms with Gasteiger partial charge in [0.05, 0.1) is 0 Å². The lowest BCUT2D eigenvalue weighted by molar-refractivity contribution is 0.331. The van der Waals surface area contributed by atoms with Crippen LogP contribution in [0.25, 0.3) is 0 Å². The largest absolute Gasteiger partial charge is 0.346 e. The van der Waals surface area contributed by atoms with E-state index in [2.05, 4.69) is 27.7 Å². The standard InChI is InChI=1S/C11H25N3/c1-9(2)7-13(5)11(12)14(6)8-10(3)4/h9-10,12H,7-8H2,1-6H3. The average molecular weight is 199 g/mol. The summed E-state index contributed by atoms with van der Waals surface area (Å²) in [5.74, 6) is 1.83. The second kappa shape index (κ2) is 5.89. The first-order valence-electron chi connectivity index (χ1n) is 5.35. The molecule has 0 aliphatic heterocycles. The third kappa shape index (κ3) is 5.10. The highest BCUT2D eigenvalue weighted by Gasteiger charge is 2.11. The Hall–Kier alpha value is -0.730. The number of guanidine groups is 1. The zero-order valence-corrected chi connectivity index (χ0v) is 10.5. The minimum absolute atomic E-state index is 0.604. The van der Waals surface area contributed by atoms with Crippen molar-refractivity contribution in [3.63, 3.8) is 0 Å². The van der Waals surface area contributed by atoms with Crippen LogP contribution in [0.5, 0.6) is 0 Å². The smallest absolute Gasteiger partial charge is 0.193 e. The Bertz CT molecular complexity index is 157. The minimum Gasteiger partial charge on any atom is -0.346 e. The summed E-state index contributed by atoms with van der Waals surface area (Å²) in [6.45, 7) is 10.6. The van der Waals surface area contributed by atoms with E-state index in [1.54, 1.807) is 0 Å². The van der Waals surface area contributed by atoms with Gasteiger partial charge in [-0.2, -0.15) is 0 Å². The van der Waals surface area contributed by atoms with Crippen LogP contribution in [0.4, 0.5) is 0 Å². The van der Waals surface area contributed by atoms with Crippen LogP contribution in [0.15, 0.2) is 0 Å². The summed E-state index contributed by atoms with van der Waals surface area (Å²) in [6, 6.07) is 0. The van der Waals surface area contributed by atoms with Crippen LogP contribution in [0, 0.1) is 17.2 Å². The lowest BCUT2D eigenvalue weighted by Crippen LogP contribution is -2.42. The van der Waals surface area contributed by atoms with E-state index in [0.717, 1.165) is 13.1 Å². The molecule has 3 heteroatoms. The fourth-order valence-electron chi connectivity index (χ4n) is 1.56. The van der Waals surface area contributed by atoms with Crippen molar-refractivity contribution in [1.82, 2.24) is 9.80 Å². The van der Waals surface area contributed by atoms with Crippen molar-refractivity contribution in [2.24, 2.45) is 11.8 Å². The van der Waals surface area contributed by atoms with Crippen LogP contribution in [0.2, 0.25) is 0 Å². The Kier molecular flexibility index (Phi) is 5.58. The molecular formula is C11H25N3. The van der Waals surface area contributed by atoms with Gasteiger partial charge in [-0.3, -0.25) is 5.41 Å². The van der Waals surface area contributed by atoms with E-state index in [1.807, 2.05) is 23.9 Å². The van der Waals surface area contributed by atoms with Crippen molar-refractivity contribution >= 4 is 5.96 Å². The molecule has 0 bridgehead atoms. The van der Waals surface area contributed by atoms with Crippen molar-refractivity contribution in [3.8, 4) is 0 Å². The van der Waals surface area contributed by atoms with E-state index in [4.69, 9.17) is 5.41 Å². The molecule has 0 rings (SSSR count). The Labute approximate surface area is 88.6 Å². The number of nitrogens with zero attached hydrogens (tertiary/aromatic N) is 2. The van der Waals surface area contributed by atoms with Gasteiger partial charge in [0.2, 0.25) is 0 Å². The molecule has 0 saturated carbocycles. The first-order chi connectivity index (χ1) is 6.34. The summed E-state index contributed by atoms with van der Waals surface area (Å²) < 4.78 is 0. The van der Waals surface area contributed by atoms with E-state index in [0.29, 0.717) is 17.8 Å². The summed E-state index contributed by atoms with van der Waals surface area (Å²) in [5, 5.41) is 7.94. The van der Waals surface area contributed by atoms with E-state index in [1.165, 1.54) is 0 Å². The highest BCUT2D eigenvalue weighted by atomic mass is 15.3. The normalized spacial score (nSPS) is 10.9. The summed E-state index contributed by atoms with van der Waals surface area (Å²) in [4.78, 5) is 4.01. The Morgan fingerprint density at radius 3 is 1.43 bits per heavy atom. The maximum Gasteiger partial charge on any atom is 0.193 e. The molecule has 3 nitrogen and oxygen atoms in total. The molecule has 0 heterocycles. The molecule has 0 atom stereocenters. The van der Waals surface area contributed by atoms with Crippen LogP contribution in [-0.4, -0.2) is 42.9 Å². The molecule has 0 spiro atoms. The highest BCUT2D eigenvalue weighted by molar-refractivity contribution is 5.76. The lowest BCUT2D eigenvalue weighted by Gasteiger charge is -2.30. The SMILES string of the molecule is CC(C)CN(C)C(=N)N(C)CC(C)C. The van der Waals surface area contributed by atoms with Crippen LogP contribution >= 0.6 is 0 Å². The molecule has 0 aliphatic carbocycles. The van der Waals surface area contributed by atoms with Gasteiger partial charge in [0.15, 0.2) is 5.96 Å². The molecule has 0 fully saturated rings. The monoisotopic (exact) mass is 199 g/mol. The molecule has 0 unspecified atom stereocenters. The topological polar surface area (TPSA) is 30.3 Å². The number of hydrogen-bond donors (Lipinski definition) is 1. The van der Waals surface area contributed by atoms with E-state index in [9.17, 15) is 0 Å². The first kappa shape index (κ1) is 13.3. The van der Waals surface area contributed by atoms with Crippen LogP contribution < -0.4 is 0 Å². The molecule has 0 saturated heterocycles. The van der Waals surface area contributed by atoms with Gasteiger partial charge < -0.3 is 9.80 Å². The van der Waals surface area contributed by atoms with E-state index < -0.39 is 0 Å². The third-order valence-corrected chi connectivity index (χ3v) is 2.00. The fraction of sp³-hybridized carbons (Fsp3) is 0.909. The molecule has 14 heavy (non-hydrogen) atoms. The van der Waals surface area contributed by atoms with Crippen LogP contribution in [0.3, 0.4) is 0 Å². The Morgan fingerprint density at radius 1 is 0.929 bits per heavy atom. The predicted octanol–water partition coefficient (Wildman–Crippen LogP) is 2.10. The van der Waals surface area contributed by atoms with Gasteiger partial charge in [-0.15, -0.1) is 0 Å². The zero-order valence-electron chi connectivity index (χ0n) is 10.5. The molecule has 0 aliphatic rings. The van der Waals surface area contributed by atoms with Gasteiger partial charge in [-0.05, 0) is 11.8 Å². The summed E-state index contributed by atoms with van der Waals surface area (Å²) in [5.41, 5.74) is 0. The highest BCUT2D eigenvalue weighted by Crippen LogP contribution is 2.01. The second-order valence-electron chi connectivity index (χ2n) is 4.87. The predicted molar refractivity (Wildman–Crippen MR) is 62.7 cm³/mol. The van der Waals surface area contributed by atoms with Gasteiger partial charge in [0.1, 0.15) is 0 Å². The van der Waals surface area contributed by atoms with Crippen LogP contribution in [-0.2, 0) is 0 Å². The van der Waals surface area contributed by atoms with Gasteiger partial charge in [-0.1, -0.05) is 27.7 Å². The Balaban J connectivity index is 4.04. The summed E-state index contributed by atoms with van der Waals surface area (Å²) in [7, 11) is 3.97. The maximum atomic E-state index is 7.94. The van der Waals surface area contributed by atoms with Crippen LogP contribution in [0.1, 0.15) is 27.7 Å². The third-order valence-electron chi connectivity index (χ3n) is 2.00. The van der Waals surface area contributed by atoms with Crippen molar-refractivity contribution < 1.29 is 0 Å². The number of hydrogen-bond acceptors (Lipinski definition) is 1. The van der Waals surface area contributed by atoms with Crippen molar-refractivity contribution in [3.05, 3.63) is 0 Å². The lowest BCUT2D eigenvalue weighted by atomic mass is 10.2. The van der Waals surface area contributed by atoms with Gasteiger partial charge >= 0.3 is 0 Å². The van der Waals surface area contributed by atoms with Gasteiger partial charge in [0.25, 0.3) is 0 Å². The first-order valence-corrected chi connectivity index (χ1v) is 5.35. The van der Waals surface area contributed by atoms with E-state index >= 15 is 0 Å². The molecule has 84 valence electrons. The fourth-order valence-corrected chi connectivity index (χ4v) is 1.56. The Morgan fingerprint density at radius 2 is 1.21 bits per heavy atom. The zero-order chi connectivity index (χ0) is 11.3. The average Bonchev–Trinajstić information content (AvgIpc) is 2.00. The maximum absolute atomic E-state index is 7.94. The van der Waals surface area contributed by atoms with E-state index in [-0.39, 0.29) is 0 Å². The molecule has 0 aromatic heterocycles. The molecule has 0 aromatic carbocycles. The number of nitrogens with one attached hydrogen (secondary N) is 1. The van der Waals surface area contributed by atoms with Gasteiger partial charge in [-0.25, -0.2) is 0 Å².